The number of nitrogens with one attached hydrogen (secondary N) is 1. The van der Waals surface area contributed by atoms with Crippen molar-refractivity contribution in [3.63, 3.8) is 0 Å². The highest BCUT2D eigenvalue weighted by Gasteiger charge is 2.12. The van der Waals surface area contributed by atoms with Crippen LogP contribution in [0.4, 0.5) is 0 Å². The van der Waals surface area contributed by atoms with E-state index in [-0.39, 0.29) is 5.56 Å². The zero-order chi connectivity index (χ0) is 17.8. The maximum Gasteiger partial charge on any atom is 0.344 e. The van der Waals surface area contributed by atoms with E-state index in [0.29, 0.717) is 22.5 Å². The molecule has 0 fully saturated rings. The number of carboxylic acid groups (broad SMARTS) is 1. The number of hydrogen-bond acceptors (Lipinski definition) is 5. The lowest BCUT2D eigenvalue weighted by Gasteiger charge is -2.10. The lowest BCUT2D eigenvalue weighted by Crippen LogP contribution is -2.22. The van der Waals surface area contributed by atoms with Gasteiger partial charge in [-0.15, -0.1) is 0 Å². The van der Waals surface area contributed by atoms with Crippen molar-refractivity contribution in [2.24, 2.45) is 0 Å². The fourth-order valence-electron chi connectivity index (χ4n) is 2.21. The molecule has 1 aromatic carbocycles. The van der Waals surface area contributed by atoms with E-state index in [4.69, 9.17) is 9.84 Å². The Labute approximate surface area is 142 Å². The number of hydrogen-bond donors (Lipinski definition) is 2. The first-order valence-electron chi connectivity index (χ1n) is 7.54. The van der Waals surface area contributed by atoms with Crippen LogP contribution in [0.2, 0.25) is 0 Å². The van der Waals surface area contributed by atoms with Gasteiger partial charge < -0.3 is 14.8 Å². The summed E-state index contributed by atoms with van der Waals surface area (Å²) in [4.78, 5) is 33.9. The van der Waals surface area contributed by atoms with Crippen molar-refractivity contribution >= 4 is 29.0 Å². The smallest absolute Gasteiger partial charge is 0.344 e. The summed E-state index contributed by atoms with van der Waals surface area (Å²) in [5.74, 6) is -0.190. The molecule has 25 heavy (non-hydrogen) atoms. The standard InChI is InChI=1S/C18H15N3O4/c1-11(18(23)24)25-13-4-2-3-12(9-13)5-6-16-20-15-10-19-8-7-14(15)17(22)21-16/h2-11H,1H3,(H,23,24)(H,20,21,22)/b6-5+. The number of aromatic amines is 1. The summed E-state index contributed by atoms with van der Waals surface area (Å²) < 4.78 is 5.33. The van der Waals surface area contributed by atoms with Gasteiger partial charge in [0.2, 0.25) is 0 Å². The molecule has 0 aliphatic carbocycles. The van der Waals surface area contributed by atoms with Crippen LogP contribution >= 0.6 is 0 Å². The van der Waals surface area contributed by atoms with E-state index in [0.717, 1.165) is 5.56 Å². The van der Waals surface area contributed by atoms with Gasteiger partial charge in [0.15, 0.2) is 6.10 Å². The summed E-state index contributed by atoms with van der Waals surface area (Å²) in [6.45, 7) is 1.46. The zero-order valence-corrected chi connectivity index (χ0v) is 13.3. The highest BCUT2D eigenvalue weighted by Crippen LogP contribution is 2.17. The van der Waals surface area contributed by atoms with Crippen molar-refractivity contribution in [3.8, 4) is 5.75 Å². The lowest BCUT2D eigenvalue weighted by atomic mass is 10.2. The molecule has 0 aliphatic heterocycles. The van der Waals surface area contributed by atoms with Crippen LogP contribution in [0.3, 0.4) is 0 Å². The average Bonchev–Trinajstić information content (AvgIpc) is 2.60. The summed E-state index contributed by atoms with van der Waals surface area (Å²) in [7, 11) is 0. The SMILES string of the molecule is CC(Oc1cccc(/C=C/c2nc3cnccc3c(=O)[nH]2)c1)C(=O)O. The van der Waals surface area contributed by atoms with Gasteiger partial charge in [0.05, 0.1) is 17.1 Å². The van der Waals surface area contributed by atoms with Crippen LogP contribution in [-0.4, -0.2) is 32.1 Å². The molecule has 7 heteroatoms. The van der Waals surface area contributed by atoms with Crippen molar-refractivity contribution in [1.82, 2.24) is 15.0 Å². The predicted octanol–water partition coefficient (Wildman–Crippen LogP) is 2.34. The fraction of sp³-hybridized carbons (Fsp3) is 0.111. The minimum absolute atomic E-state index is 0.237. The number of carbonyl (C=O) groups is 1. The van der Waals surface area contributed by atoms with E-state index in [1.807, 2.05) is 6.07 Å². The molecule has 1 unspecified atom stereocenters. The molecule has 0 bridgehead atoms. The Balaban J connectivity index is 1.85. The lowest BCUT2D eigenvalue weighted by molar-refractivity contribution is -0.144. The molecule has 7 nitrogen and oxygen atoms in total. The van der Waals surface area contributed by atoms with Crippen molar-refractivity contribution in [3.05, 3.63) is 64.5 Å². The Hall–Kier alpha value is -3.48. The molecule has 0 spiro atoms. The van der Waals surface area contributed by atoms with Gasteiger partial charge in [0, 0.05) is 6.20 Å². The van der Waals surface area contributed by atoms with Crippen LogP contribution in [0, 0.1) is 0 Å². The third-order valence-corrected chi connectivity index (χ3v) is 3.48. The van der Waals surface area contributed by atoms with E-state index in [1.165, 1.54) is 13.1 Å². The highest BCUT2D eigenvalue weighted by atomic mass is 16.5. The van der Waals surface area contributed by atoms with E-state index < -0.39 is 12.1 Å². The van der Waals surface area contributed by atoms with Crippen molar-refractivity contribution in [2.45, 2.75) is 13.0 Å². The number of carboxylic acids is 1. The third-order valence-electron chi connectivity index (χ3n) is 3.48. The van der Waals surface area contributed by atoms with Gasteiger partial charge in [-0.1, -0.05) is 18.2 Å². The quantitative estimate of drug-likeness (QED) is 0.740. The Morgan fingerprint density at radius 3 is 2.96 bits per heavy atom. The summed E-state index contributed by atoms with van der Waals surface area (Å²) in [5, 5.41) is 9.37. The largest absolute Gasteiger partial charge is 0.479 e. The molecule has 2 N–H and O–H groups in total. The molecule has 0 amide bonds. The van der Waals surface area contributed by atoms with Crippen LogP contribution in [-0.2, 0) is 4.79 Å². The second-order valence-electron chi connectivity index (χ2n) is 5.35. The summed E-state index contributed by atoms with van der Waals surface area (Å²) in [6.07, 6.45) is 5.54. The Kier molecular flexibility index (Phi) is 4.56. The first-order valence-corrected chi connectivity index (χ1v) is 7.54. The number of benzene rings is 1. The van der Waals surface area contributed by atoms with Crippen LogP contribution in [0.15, 0.2) is 47.5 Å². The zero-order valence-electron chi connectivity index (χ0n) is 13.3. The molecule has 2 aromatic heterocycles. The highest BCUT2D eigenvalue weighted by molar-refractivity contribution is 5.78. The Bertz CT molecular complexity index is 1010. The predicted molar refractivity (Wildman–Crippen MR) is 93.3 cm³/mol. The van der Waals surface area contributed by atoms with E-state index in [2.05, 4.69) is 15.0 Å². The van der Waals surface area contributed by atoms with E-state index >= 15 is 0 Å². The molecule has 0 aliphatic rings. The molecule has 0 radical (unpaired) electrons. The first-order chi connectivity index (χ1) is 12.0. The van der Waals surface area contributed by atoms with Gasteiger partial charge in [-0.2, -0.15) is 0 Å². The van der Waals surface area contributed by atoms with E-state index in [1.54, 1.807) is 42.6 Å². The first kappa shape index (κ1) is 16.4. The molecule has 126 valence electrons. The van der Waals surface area contributed by atoms with Crippen molar-refractivity contribution in [2.75, 3.05) is 0 Å². The number of rotatable bonds is 5. The van der Waals surface area contributed by atoms with Crippen LogP contribution < -0.4 is 10.3 Å². The molecule has 3 rings (SSSR count). The Morgan fingerprint density at radius 2 is 2.16 bits per heavy atom. The summed E-state index contributed by atoms with van der Waals surface area (Å²) >= 11 is 0. The van der Waals surface area contributed by atoms with Gasteiger partial charge in [0.25, 0.3) is 5.56 Å². The molecule has 0 saturated heterocycles. The number of aromatic nitrogens is 3. The average molecular weight is 337 g/mol. The molecule has 3 aromatic rings. The summed E-state index contributed by atoms with van der Waals surface area (Å²) in [5.41, 5.74) is 1.06. The monoisotopic (exact) mass is 337 g/mol. The molecular formula is C18H15N3O4. The number of pyridine rings is 1. The number of H-pyrrole nitrogens is 1. The second kappa shape index (κ2) is 6.96. The normalized spacial score (nSPS) is 12.4. The molecular weight excluding hydrogens is 322 g/mol. The van der Waals surface area contributed by atoms with Gasteiger partial charge in [-0.05, 0) is 36.8 Å². The van der Waals surface area contributed by atoms with Crippen molar-refractivity contribution in [1.29, 1.82) is 0 Å². The minimum Gasteiger partial charge on any atom is -0.479 e. The van der Waals surface area contributed by atoms with Crippen LogP contribution in [0.1, 0.15) is 18.3 Å². The number of ether oxygens (including phenoxy) is 1. The Morgan fingerprint density at radius 1 is 1.32 bits per heavy atom. The molecule has 0 saturated carbocycles. The second-order valence-corrected chi connectivity index (χ2v) is 5.35. The van der Waals surface area contributed by atoms with Gasteiger partial charge >= 0.3 is 5.97 Å². The minimum atomic E-state index is -1.03. The fourth-order valence-corrected chi connectivity index (χ4v) is 2.21. The van der Waals surface area contributed by atoms with E-state index in [9.17, 15) is 9.59 Å². The number of aliphatic carboxylic acids is 1. The summed E-state index contributed by atoms with van der Waals surface area (Å²) in [6, 6.07) is 8.58. The number of fused-ring (bicyclic) bond motifs is 1. The molecule has 2 heterocycles. The van der Waals surface area contributed by atoms with Crippen molar-refractivity contribution < 1.29 is 14.6 Å². The van der Waals surface area contributed by atoms with Gasteiger partial charge in [-0.3, -0.25) is 9.78 Å². The molecule has 1 atom stereocenters. The number of nitrogens with zero attached hydrogens (tertiary/aromatic N) is 2. The van der Waals surface area contributed by atoms with Crippen LogP contribution in [0.25, 0.3) is 23.1 Å². The maximum absolute atomic E-state index is 12.0. The maximum atomic E-state index is 12.0. The van der Waals surface area contributed by atoms with Crippen LogP contribution in [0.5, 0.6) is 5.75 Å². The third kappa shape index (κ3) is 3.89. The topological polar surface area (TPSA) is 105 Å². The van der Waals surface area contributed by atoms with Gasteiger partial charge in [-0.25, -0.2) is 9.78 Å². The van der Waals surface area contributed by atoms with Gasteiger partial charge in [0.1, 0.15) is 11.6 Å².